The van der Waals surface area contributed by atoms with Crippen molar-refractivity contribution in [1.82, 2.24) is 15.1 Å². The number of hydrogen-bond acceptors (Lipinski definition) is 3. The molecule has 0 spiro atoms. The number of benzene rings is 2. The van der Waals surface area contributed by atoms with Gasteiger partial charge in [-0.05, 0) is 60.6 Å². The van der Waals surface area contributed by atoms with Crippen molar-refractivity contribution in [3.05, 3.63) is 71.0 Å². The Morgan fingerprint density at radius 2 is 1.70 bits per heavy atom. The molecule has 0 bridgehead atoms. The maximum Gasteiger partial charge on any atom is 0.253 e. The molecule has 2 fully saturated rings. The SMILES string of the molecule is CCc1ccc(C(=O)N2CCN([C@H](C(=O)NCc3cccc(F)c3)C3CCCC3)CC2)cc1. The molecule has 1 aliphatic carbocycles. The molecule has 1 heterocycles. The minimum atomic E-state index is -0.292. The van der Waals surface area contributed by atoms with Crippen molar-refractivity contribution in [2.24, 2.45) is 5.92 Å². The molecule has 2 aliphatic rings. The highest BCUT2D eigenvalue weighted by molar-refractivity contribution is 5.94. The van der Waals surface area contributed by atoms with Crippen LogP contribution in [-0.4, -0.2) is 53.8 Å². The molecule has 1 atom stereocenters. The van der Waals surface area contributed by atoms with Gasteiger partial charge in [0.1, 0.15) is 5.82 Å². The molecule has 176 valence electrons. The molecular formula is C27H34FN3O2. The Balaban J connectivity index is 1.38. The van der Waals surface area contributed by atoms with Crippen molar-refractivity contribution in [2.75, 3.05) is 26.2 Å². The first-order valence-corrected chi connectivity index (χ1v) is 12.2. The summed E-state index contributed by atoms with van der Waals surface area (Å²) in [4.78, 5) is 30.4. The molecule has 0 radical (unpaired) electrons. The van der Waals surface area contributed by atoms with Crippen LogP contribution in [0.2, 0.25) is 0 Å². The molecule has 5 nitrogen and oxygen atoms in total. The van der Waals surface area contributed by atoms with Gasteiger partial charge in [-0.3, -0.25) is 14.5 Å². The molecule has 1 saturated heterocycles. The smallest absolute Gasteiger partial charge is 0.253 e. The highest BCUT2D eigenvalue weighted by Crippen LogP contribution is 2.31. The van der Waals surface area contributed by atoms with E-state index in [1.807, 2.05) is 35.2 Å². The van der Waals surface area contributed by atoms with Gasteiger partial charge in [-0.1, -0.05) is 44.0 Å². The van der Waals surface area contributed by atoms with Crippen LogP contribution in [0.4, 0.5) is 4.39 Å². The first kappa shape index (κ1) is 23.4. The van der Waals surface area contributed by atoms with E-state index in [0.29, 0.717) is 38.6 Å². The normalized spacial score (nSPS) is 18.3. The summed E-state index contributed by atoms with van der Waals surface area (Å²) in [6.07, 6.45) is 5.38. The third-order valence-electron chi connectivity index (χ3n) is 7.07. The average molecular weight is 452 g/mol. The molecule has 1 saturated carbocycles. The number of aryl methyl sites for hydroxylation is 1. The lowest BCUT2D eigenvalue weighted by molar-refractivity contribution is -0.129. The number of rotatable bonds is 7. The lowest BCUT2D eigenvalue weighted by Crippen LogP contribution is -2.57. The minimum Gasteiger partial charge on any atom is -0.351 e. The van der Waals surface area contributed by atoms with Gasteiger partial charge in [-0.2, -0.15) is 0 Å². The Hall–Kier alpha value is -2.73. The molecule has 4 rings (SSSR count). The first-order valence-electron chi connectivity index (χ1n) is 12.2. The summed E-state index contributed by atoms with van der Waals surface area (Å²) in [5, 5.41) is 3.04. The third-order valence-corrected chi connectivity index (χ3v) is 7.07. The Morgan fingerprint density at radius 3 is 2.33 bits per heavy atom. The zero-order valence-corrected chi connectivity index (χ0v) is 19.4. The highest BCUT2D eigenvalue weighted by Gasteiger charge is 2.37. The fraction of sp³-hybridized carbons (Fsp3) is 0.481. The summed E-state index contributed by atoms with van der Waals surface area (Å²) < 4.78 is 13.5. The maximum atomic E-state index is 13.5. The van der Waals surface area contributed by atoms with Crippen LogP contribution in [0, 0.1) is 11.7 Å². The van der Waals surface area contributed by atoms with E-state index in [0.717, 1.165) is 43.2 Å². The van der Waals surface area contributed by atoms with Crippen molar-refractivity contribution in [2.45, 2.75) is 51.6 Å². The largest absolute Gasteiger partial charge is 0.351 e. The molecule has 2 aromatic rings. The monoisotopic (exact) mass is 451 g/mol. The Labute approximate surface area is 196 Å². The van der Waals surface area contributed by atoms with E-state index < -0.39 is 0 Å². The molecule has 1 N–H and O–H groups in total. The zero-order chi connectivity index (χ0) is 23.2. The highest BCUT2D eigenvalue weighted by atomic mass is 19.1. The van der Waals surface area contributed by atoms with E-state index in [1.165, 1.54) is 17.7 Å². The van der Waals surface area contributed by atoms with Crippen LogP contribution in [0.3, 0.4) is 0 Å². The predicted molar refractivity (Wildman–Crippen MR) is 127 cm³/mol. The second-order valence-corrected chi connectivity index (χ2v) is 9.22. The van der Waals surface area contributed by atoms with Crippen molar-refractivity contribution in [1.29, 1.82) is 0 Å². The van der Waals surface area contributed by atoms with Gasteiger partial charge in [0.25, 0.3) is 5.91 Å². The summed E-state index contributed by atoms with van der Waals surface area (Å²) in [7, 11) is 0. The summed E-state index contributed by atoms with van der Waals surface area (Å²) in [6.45, 7) is 5.04. The van der Waals surface area contributed by atoms with Crippen LogP contribution in [-0.2, 0) is 17.8 Å². The molecule has 1 aliphatic heterocycles. The predicted octanol–water partition coefficient (Wildman–Crippen LogP) is 4.02. The fourth-order valence-corrected chi connectivity index (χ4v) is 5.16. The van der Waals surface area contributed by atoms with E-state index >= 15 is 0 Å². The summed E-state index contributed by atoms with van der Waals surface area (Å²) in [5.74, 6) is 0.118. The number of carbonyl (C=O) groups excluding carboxylic acids is 2. The molecule has 0 aromatic heterocycles. The lowest BCUT2D eigenvalue weighted by Gasteiger charge is -2.40. The van der Waals surface area contributed by atoms with Gasteiger partial charge >= 0.3 is 0 Å². The van der Waals surface area contributed by atoms with E-state index in [9.17, 15) is 14.0 Å². The standard InChI is InChI=1S/C27H34FN3O2/c1-2-20-10-12-23(13-11-20)27(33)31-16-14-30(15-17-31)25(22-7-3-4-8-22)26(32)29-19-21-6-5-9-24(28)18-21/h5-6,9-13,18,22,25H,2-4,7-8,14-17,19H2,1H3,(H,29,32)/t25-/m0/s1. The van der Waals surface area contributed by atoms with Crippen LogP contribution in [0.25, 0.3) is 0 Å². The number of halogens is 1. The van der Waals surface area contributed by atoms with Crippen LogP contribution in [0.1, 0.15) is 54.1 Å². The fourth-order valence-electron chi connectivity index (χ4n) is 5.16. The molecule has 2 aromatic carbocycles. The van der Waals surface area contributed by atoms with Crippen molar-refractivity contribution < 1.29 is 14.0 Å². The van der Waals surface area contributed by atoms with E-state index in [4.69, 9.17) is 0 Å². The van der Waals surface area contributed by atoms with Gasteiger partial charge < -0.3 is 10.2 Å². The molecular weight excluding hydrogens is 417 g/mol. The summed E-state index contributed by atoms with van der Waals surface area (Å²) >= 11 is 0. The van der Waals surface area contributed by atoms with E-state index in [1.54, 1.807) is 6.07 Å². The third kappa shape index (κ3) is 5.80. The Morgan fingerprint density at radius 1 is 1.00 bits per heavy atom. The average Bonchev–Trinajstić information content (AvgIpc) is 3.37. The minimum absolute atomic E-state index is 0.0149. The number of hydrogen-bond donors (Lipinski definition) is 1. The van der Waals surface area contributed by atoms with Gasteiger partial charge in [0.2, 0.25) is 5.91 Å². The van der Waals surface area contributed by atoms with E-state index in [-0.39, 0.29) is 23.7 Å². The van der Waals surface area contributed by atoms with Crippen molar-refractivity contribution in [3.63, 3.8) is 0 Å². The summed E-state index contributed by atoms with van der Waals surface area (Å²) in [6, 6.07) is 14.0. The second kappa shape index (κ2) is 10.9. The van der Waals surface area contributed by atoms with Crippen LogP contribution in [0.5, 0.6) is 0 Å². The number of amides is 2. The molecule has 6 heteroatoms. The number of nitrogens with one attached hydrogen (secondary N) is 1. The number of carbonyl (C=O) groups is 2. The van der Waals surface area contributed by atoms with Gasteiger partial charge in [0.05, 0.1) is 6.04 Å². The van der Waals surface area contributed by atoms with Gasteiger partial charge in [-0.25, -0.2) is 4.39 Å². The number of nitrogens with zero attached hydrogens (tertiary/aromatic N) is 2. The molecule has 0 unspecified atom stereocenters. The lowest BCUT2D eigenvalue weighted by atomic mass is 9.94. The van der Waals surface area contributed by atoms with Crippen molar-refractivity contribution >= 4 is 11.8 Å². The Kier molecular flexibility index (Phi) is 7.76. The van der Waals surface area contributed by atoms with Crippen LogP contribution in [0.15, 0.2) is 48.5 Å². The quantitative estimate of drug-likeness (QED) is 0.692. The van der Waals surface area contributed by atoms with Crippen molar-refractivity contribution in [3.8, 4) is 0 Å². The van der Waals surface area contributed by atoms with Gasteiger partial charge in [-0.15, -0.1) is 0 Å². The van der Waals surface area contributed by atoms with E-state index in [2.05, 4.69) is 17.1 Å². The topological polar surface area (TPSA) is 52.7 Å². The Bertz CT molecular complexity index is 948. The van der Waals surface area contributed by atoms with Crippen LogP contribution < -0.4 is 5.32 Å². The molecule has 2 amide bonds. The molecule has 33 heavy (non-hydrogen) atoms. The number of piperazine rings is 1. The van der Waals surface area contributed by atoms with Gasteiger partial charge in [0.15, 0.2) is 0 Å². The zero-order valence-electron chi connectivity index (χ0n) is 19.4. The second-order valence-electron chi connectivity index (χ2n) is 9.22. The van der Waals surface area contributed by atoms with Crippen LogP contribution >= 0.6 is 0 Å². The first-order chi connectivity index (χ1) is 16.0. The summed E-state index contributed by atoms with van der Waals surface area (Å²) in [5.41, 5.74) is 2.71. The maximum absolute atomic E-state index is 13.5. The van der Waals surface area contributed by atoms with Gasteiger partial charge in [0, 0.05) is 38.3 Å².